The number of nitrogens with zero attached hydrogens (tertiary/aromatic N) is 3. The monoisotopic (exact) mass is 321 g/mol. The second-order valence-electron chi connectivity index (χ2n) is 5.23. The summed E-state index contributed by atoms with van der Waals surface area (Å²) in [6, 6.07) is 3.38. The van der Waals surface area contributed by atoms with Crippen LogP contribution in [0.3, 0.4) is 0 Å². The molecule has 0 aliphatic carbocycles. The molecule has 0 aromatic carbocycles. The third-order valence-electron chi connectivity index (χ3n) is 3.82. The van der Waals surface area contributed by atoms with E-state index in [1.165, 1.54) is 7.11 Å². The van der Waals surface area contributed by atoms with Gasteiger partial charge in [0.2, 0.25) is 0 Å². The zero-order valence-electron chi connectivity index (χ0n) is 14.3. The predicted octanol–water partition coefficient (Wildman–Crippen LogP) is 1.82. The average molecular weight is 321 g/mol. The number of carbonyl (C=O) groups is 2. The van der Waals surface area contributed by atoms with Gasteiger partial charge >= 0.3 is 5.97 Å². The molecule has 0 unspecified atom stereocenters. The van der Waals surface area contributed by atoms with Crippen LogP contribution < -0.4 is 0 Å². The van der Waals surface area contributed by atoms with Crippen molar-refractivity contribution in [1.29, 1.82) is 0 Å². The summed E-state index contributed by atoms with van der Waals surface area (Å²) in [5.74, 6) is -0.378. The molecule has 1 aromatic heterocycles. The molecule has 0 saturated carbocycles. The van der Waals surface area contributed by atoms with Gasteiger partial charge in [-0.2, -0.15) is 0 Å². The molecule has 0 aliphatic heterocycles. The number of ether oxygens (including phenoxy) is 1. The van der Waals surface area contributed by atoms with Gasteiger partial charge in [-0.15, -0.1) is 0 Å². The fourth-order valence-corrected chi connectivity index (χ4v) is 2.35. The van der Waals surface area contributed by atoms with Crippen LogP contribution >= 0.6 is 0 Å². The van der Waals surface area contributed by atoms with Gasteiger partial charge in [0.05, 0.1) is 13.5 Å². The van der Waals surface area contributed by atoms with Gasteiger partial charge in [-0.1, -0.05) is 13.8 Å². The van der Waals surface area contributed by atoms with Gasteiger partial charge in [0.25, 0.3) is 5.91 Å². The SMILES string of the molecule is CCN(CC)CCCN(CCC(=O)OC)C(=O)c1ccncc1. The number of aromatic nitrogens is 1. The molecule has 1 rings (SSSR count). The molecule has 0 atom stereocenters. The lowest BCUT2D eigenvalue weighted by molar-refractivity contribution is -0.140. The summed E-state index contributed by atoms with van der Waals surface area (Å²) in [4.78, 5) is 31.9. The fourth-order valence-electron chi connectivity index (χ4n) is 2.35. The lowest BCUT2D eigenvalue weighted by Gasteiger charge is -2.24. The van der Waals surface area contributed by atoms with Crippen LogP contribution in [0.5, 0.6) is 0 Å². The van der Waals surface area contributed by atoms with Gasteiger partial charge in [0, 0.05) is 31.0 Å². The number of carbonyl (C=O) groups excluding carboxylic acids is 2. The lowest BCUT2D eigenvalue weighted by atomic mass is 10.2. The normalized spacial score (nSPS) is 10.6. The molecule has 128 valence electrons. The highest BCUT2D eigenvalue weighted by molar-refractivity contribution is 5.94. The summed E-state index contributed by atoms with van der Waals surface area (Å²) in [5.41, 5.74) is 0.590. The molecule has 0 bridgehead atoms. The van der Waals surface area contributed by atoms with E-state index in [1.807, 2.05) is 0 Å². The number of hydrogen-bond donors (Lipinski definition) is 0. The summed E-state index contributed by atoms with van der Waals surface area (Å²) in [6.45, 7) is 8.17. The van der Waals surface area contributed by atoms with Gasteiger partial charge in [0.1, 0.15) is 0 Å². The minimum absolute atomic E-state index is 0.0733. The molecule has 6 heteroatoms. The van der Waals surface area contributed by atoms with Gasteiger partial charge < -0.3 is 14.5 Å². The third kappa shape index (κ3) is 6.78. The summed E-state index contributed by atoms with van der Waals surface area (Å²) < 4.78 is 4.67. The molecule has 0 N–H and O–H groups in total. The van der Waals surface area contributed by atoms with Crippen LogP contribution in [0.2, 0.25) is 0 Å². The lowest BCUT2D eigenvalue weighted by Crippen LogP contribution is -2.36. The molecule has 0 saturated heterocycles. The highest BCUT2D eigenvalue weighted by Gasteiger charge is 2.17. The Labute approximate surface area is 138 Å². The molecule has 0 fully saturated rings. The molecular formula is C17H27N3O3. The van der Waals surface area contributed by atoms with Crippen molar-refractivity contribution in [2.24, 2.45) is 0 Å². The number of rotatable bonds is 10. The molecule has 1 aromatic rings. The van der Waals surface area contributed by atoms with Crippen molar-refractivity contribution < 1.29 is 14.3 Å². The second-order valence-corrected chi connectivity index (χ2v) is 5.23. The number of esters is 1. The predicted molar refractivity (Wildman–Crippen MR) is 89.2 cm³/mol. The van der Waals surface area contributed by atoms with Crippen LogP contribution in [0.25, 0.3) is 0 Å². The van der Waals surface area contributed by atoms with Crippen LogP contribution in [0.1, 0.15) is 37.0 Å². The zero-order chi connectivity index (χ0) is 17.1. The zero-order valence-corrected chi connectivity index (χ0v) is 14.3. The number of hydrogen-bond acceptors (Lipinski definition) is 5. The van der Waals surface area contributed by atoms with Gasteiger partial charge in [0.15, 0.2) is 0 Å². The Balaban J connectivity index is 2.65. The fraction of sp³-hybridized carbons (Fsp3) is 0.588. The van der Waals surface area contributed by atoms with Gasteiger partial charge in [-0.05, 0) is 38.2 Å². The van der Waals surface area contributed by atoms with Crippen molar-refractivity contribution in [2.45, 2.75) is 26.7 Å². The van der Waals surface area contributed by atoms with E-state index in [2.05, 4.69) is 28.5 Å². The molecule has 0 radical (unpaired) electrons. The third-order valence-corrected chi connectivity index (χ3v) is 3.82. The molecule has 6 nitrogen and oxygen atoms in total. The average Bonchev–Trinajstić information content (AvgIpc) is 2.61. The minimum atomic E-state index is -0.304. The molecule has 0 aliphatic rings. The number of pyridine rings is 1. The van der Waals surface area contributed by atoms with Crippen molar-refractivity contribution in [3.05, 3.63) is 30.1 Å². The second kappa shape index (κ2) is 10.7. The van der Waals surface area contributed by atoms with Crippen LogP contribution in [0, 0.1) is 0 Å². The van der Waals surface area contributed by atoms with E-state index in [0.29, 0.717) is 18.7 Å². The highest BCUT2D eigenvalue weighted by Crippen LogP contribution is 2.06. The summed E-state index contributed by atoms with van der Waals surface area (Å²) in [6.07, 6.45) is 4.28. The standard InChI is InChI=1S/C17H27N3O3/c1-4-19(5-2)12-6-13-20(14-9-16(21)23-3)17(22)15-7-10-18-11-8-15/h7-8,10-11H,4-6,9,12-14H2,1-3H3. The first kappa shape index (κ1) is 19.1. The van der Waals surface area contributed by atoms with Crippen molar-refractivity contribution >= 4 is 11.9 Å². The van der Waals surface area contributed by atoms with E-state index < -0.39 is 0 Å². The van der Waals surface area contributed by atoms with Crippen molar-refractivity contribution in [1.82, 2.24) is 14.8 Å². The first-order chi connectivity index (χ1) is 11.1. The van der Waals surface area contributed by atoms with Crippen LogP contribution in [-0.4, -0.2) is 66.5 Å². The van der Waals surface area contributed by atoms with Gasteiger partial charge in [-0.25, -0.2) is 0 Å². The summed E-state index contributed by atoms with van der Waals surface area (Å²) in [5, 5.41) is 0. The van der Waals surface area contributed by atoms with Crippen molar-refractivity contribution in [3.63, 3.8) is 0 Å². The Morgan fingerprint density at radius 3 is 2.30 bits per heavy atom. The largest absolute Gasteiger partial charge is 0.469 e. The van der Waals surface area contributed by atoms with E-state index in [4.69, 9.17) is 0 Å². The Kier molecular flexibility index (Phi) is 8.90. The van der Waals surface area contributed by atoms with Crippen LogP contribution in [0.4, 0.5) is 0 Å². The van der Waals surface area contributed by atoms with E-state index in [9.17, 15) is 9.59 Å². The van der Waals surface area contributed by atoms with Crippen molar-refractivity contribution in [2.75, 3.05) is 39.8 Å². The topological polar surface area (TPSA) is 62.7 Å². The summed E-state index contributed by atoms with van der Waals surface area (Å²) in [7, 11) is 1.36. The Hall–Kier alpha value is -1.95. The molecular weight excluding hydrogens is 294 g/mol. The van der Waals surface area contributed by atoms with E-state index >= 15 is 0 Å². The molecule has 0 spiro atoms. The highest BCUT2D eigenvalue weighted by atomic mass is 16.5. The molecule has 1 heterocycles. The maximum Gasteiger partial charge on any atom is 0.307 e. The van der Waals surface area contributed by atoms with Crippen LogP contribution in [0.15, 0.2) is 24.5 Å². The first-order valence-corrected chi connectivity index (χ1v) is 8.10. The molecule has 1 amide bonds. The van der Waals surface area contributed by atoms with Crippen LogP contribution in [-0.2, 0) is 9.53 Å². The first-order valence-electron chi connectivity index (χ1n) is 8.10. The maximum atomic E-state index is 12.6. The van der Waals surface area contributed by atoms with E-state index in [0.717, 1.165) is 26.1 Å². The smallest absolute Gasteiger partial charge is 0.307 e. The Bertz CT molecular complexity index is 475. The van der Waals surface area contributed by atoms with Crippen molar-refractivity contribution in [3.8, 4) is 0 Å². The number of amides is 1. The Morgan fingerprint density at radius 2 is 1.74 bits per heavy atom. The van der Waals surface area contributed by atoms with Gasteiger partial charge in [-0.3, -0.25) is 14.6 Å². The van der Waals surface area contributed by atoms with E-state index in [-0.39, 0.29) is 18.3 Å². The summed E-state index contributed by atoms with van der Waals surface area (Å²) >= 11 is 0. The molecule has 23 heavy (non-hydrogen) atoms. The quantitative estimate of drug-likeness (QED) is 0.615. The minimum Gasteiger partial charge on any atom is -0.469 e. The van der Waals surface area contributed by atoms with E-state index in [1.54, 1.807) is 29.4 Å². The maximum absolute atomic E-state index is 12.6. The Morgan fingerprint density at radius 1 is 1.09 bits per heavy atom. The number of methoxy groups -OCH3 is 1.